The first-order valence-electron chi connectivity index (χ1n) is 9.22. The molecule has 2 aromatic carbocycles. The molecule has 0 N–H and O–H groups in total. The van der Waals surface area contributed by atoms with Gasteiger partial charge in [-0.25, -0.2) is 0 Å². The SMILES string of the molecule is Cc1cc(C)c(-c2cc(-c3ccccn3)[c-]c(-c3ccccn3)c2)c(C)c1.[Cl][Pt+]. The van der Waals surface area contributed by atoms with E-state index in [9.17, 15) is 0 Å². The zero-order chi connectivity index (χ0) is 20.8. The van der Waals surface area contributed by atoms with Crippen molar-refractivity contribution in [1.29, 1.82) is 0 Å². The fourth-order valence-corrected chi connectivity index (χ4v) is 3.67. The zero-order valence-corrected chi connectivity index (χ0v) is 19.5. The molecule has 4 rings (SSSR count). The first-order chi connectivity index (χ1) is 14.1. The molecular formula is C25H21ClN2Pt. The monoisotopic (exact) mass is 579 g/mol. The molecule has 29 heavy (non-hydrogen) atoms. The van der Waals surface area contributed by atoms with Crippen molar-refractivity contribution in [2.45, 2.75) is 20.8 Å². The molecule has 148 valence electrons. The van der Waals surface area contributed by atoms with E-state index in [1.165, 1.54) is 27.8 Å². The van der Waals surface area contributed by atoms with Gasteiger partial charge >= 0.3 is 28.2 Å². The molecule has 0 saturated heterocycles. The van der Waals surface area contributed by atoms with Gasteiger partial charge in [-0.1, -0.05) is 58.7 Å². The average Bonchev–Trinajstić information content (AvgIpc) is 2.75. The van der Waals surface area contributed by atoms with Gasteiger partial charge < -0.3 is 0 Å². The van der Waals surface area contributed by atoms with Crippen molar-refractivity contribution in [3.05, 3.63) is 95.8 Å². The molecule has 0 amide bonds. The first kappa shape index (κ1) is 21.4. The fraction of sp³-hybridized carbons (Fsp3) is 0.120. The molecule has 0 unspecified atom stereocenters. The Bertz CT molecular complexity index is 1020. The summed E-state index contributed by atoms with van der Waals surface area (Å²) in [4.78, 5) is 9.05. The number of hydrogen-bond acceptors (Lipinski definition) is 2. The van der Waals surface area contributed by atoms with Crippen molar-refractivity contribution < 1.29 is 18.8 Å². The molecule has 0 radical (unpaired) electrons. The first-order valence-corrected chi connectivity index (χ1v) is 12.0. The Morgan fingerprint density at radius 3 is 1.62 bits per heavy atom. The fourth-order valence-electron chi connectivity index (χ4n) is 3.67. The molecule has 0 spiro atoms. The predicted octanol–water partition coefficient (Wildman–Crippen LogP) is 6.89. The second-order valence-electron chi connectivity index (χ2n) is 6.90. The van der Waals surface area contributed by atoms with Gasteiger partial charge in [0.25, 0.3) is 0 Å². The molecule has 2 aromatic heterocycles. The molecule has 0 atom stereocenters. The van der Waals surface area contributed by atoms with Crippen LogP contribution in [0.15, 0.2) is 73.1 Å². The van der Waals surface area contributed by atoms with E-state index in [1.54, 1.807) is 18.8 Å². The Labute approximate surface area is 187 Å². The van der Waals surface area contributed by atoms with Crippen LogP contribution in [0, 0.1) is 26.8 Å². The minimum absolute atomic E-state index is 0.916. The van der Waals surface area contributed by atoms with E-state index < -0.39 is 0 Å². The van der Waals surface area contributed by atoms with Crippen LogP contribution in [0.5, 0.6) is 0 Å². The van der Waals surface area contributed by atoms with Crippen molar-refractivity contribution in [3.8, 4) is 33.6 Å². The minimum atomic E-state index is 0.916. The molecular weight excluding hydrogens is 559 g/mol. The molecule has 0 aliphatic heterocycles. The van der Waals surface area contributed by atoms with Crippen LogP contribution < -0.4 is 0 Å². The average molecular weight is 580 g/mol. The van der Waals surface area contributed by atoms with Crippen molar-refractivity contribution >= 4 is 9.42 Å². The normalized spacial score (nSPS) is 10.3. The Balaban J connectivity index is 0.00000117. The summed E-state index contributed by atoms with van der Waals surface area (Å²) in [7, 11) is 4.61. The third kappa shape index (κ3) is 5.01. The molecule has 2 heterocycles. The van der Waals surface area contributed by atoms with E-state index >= 15 is 0 Å². The van der Waals surface area contributed by atoms with Gasteiger partial charge in [-0.3, -0.25) is 9.97 Å². The standard InChI is InChI=1S/C25H21N2.ClH.Pt/c1-17-12-18(2)25(19(3)13-17)22-15-20(23-8-4-6-10-26-23)14-21(16-22)24-9-5-7-11-27-24;;/h4-13,15-16H,1-3H3;1H;/q-1;;+2/p-1. The summed E-state index contributed by atoms with van der Waals surface area (Å²) in [5.74, 6) is 0. The van der Waals surface area contributed by atoms with E-state index in [1.807, 2.05) is 48.8 Å². The van der Waals surface area contributed by atoms with Gasteiger partial charge in [0, 0.05) is 23.8 Å². The summed E-state index contributed by atoms with van der Waals surface area (Å²) in [6.07, 6.45) is 3.64. The van der Waals surface area contributed by atoms with E-state index in [0.717, 1.165) is 22.5 Å². The topological polar surface area (TPSA) is 25.8 Å². The van der Waals surface area contributed by atoms with Crippen molar-refractivity contribution in [2.24, 2.45) is 0 Å². The van der Waals surface area contributed by atoms with Gasteiger partial charge in [-0.15, -0.1) is 18.2 Å². The van der Waals surface area contributed by atoms with Crippen LogP contribution in [0.3, 0.4) is 0 Å². The maximum atomic E-state index is 4.61. The van der Waals surface area contributed by atoms with Crippen LogP contribution in [-0.4, -0.2) is 9.97 Å². The Morgan fingerprint density at radius 2 is 1.21 bits per heavy atom. The summed E-state index contributed by atoms with van der Waals surface area (Å²) in [6.45, 7) is 6.49. The number of aromatic nitrogens is 2. The second-order valence-corrected chi connectivity index (χ2v) is 6.90. The molecule has 0 aliphatic rings. The van der Waals surface area contributed by atoms with Crippen molar-refractivity contribution in [3.63, 3.8) is 0 Å². The number of pyridine rings is 2. The van der Waals surface area contributed by atoms with Gasteiger partial charge in [0.1, 0.15) is 0 Å². The second kappa shape index (κ2) is 9.96. The van der Waals surface area contributed by atoms with Crippen LogP contribution in [0.4, 0.5) is 0 Å². The van der Waals surface area contributed by atoms with Gasteiger partial charge in [-0.05, 0) is 49.6 Å². The van der Waals surface area contributed by atoms with Gasteiger partial charge in [0.2, 0.25) is 0 Å². The third-order valence-corrected chi connectivity index (χ3v) is 4.72. The van der Waals surface area contributed by atoms with E-state index in [0.29, 0.717) is 0 Å². The van der Waals surface area contributed by atoms with Crippen LogP contribution in [-0.2, 0) is 18.8 Å². The molecule has 0 saturated carbocycles. The van der Waals surface area contributed by atoms with Crippen LogP contribution in [0.2, 0.25) is 0 Å². The van der Waals surface area contributed by atoms with E-state index in [2.05, 4.69) is 70.5 Å². The Kier molecular flexibility index (Phi) is 7.36. The van der Waals surface area contributed by atoms with Crippen LogP contribution in [0.25, 0.3) is 33.6 Å². The molecule has 0 fully saturated rings. The third-order valence-electron chi connectivity index (χ3n) is 4.72. The van der Waals surface area contributed by atoms with Crippen molar-refractivity contribution in [2.75, 3.05) is 0 Å². The summed E-state index contributed by atoms with van der Waals surface area (Å²) < 4.78 is 0. The van der Waals surface area contributed by atoms with Crippen molar-refractivity contribution in [1.82, 2.24) is 9.97 Å². The Hall–Kier alpha value is -2.28. The van der Waals surface area contributed by atoms with Crippen LogP contribution >= 0.6 is 9.42 Å². The zero-order valence-electron chi connectivity index (χ0n) is 16.5. The van der Waals surface area contributed by atoms with E-state index in [-0.39, 0.29) is 0 Å². The number of hydrogen-bond donors (Lipinski definition) is 0. The molecule has 0 bridgehead atoms. The molecule has 4 aromatic rings. The summed E-state index contributed by atoms with van der Waals surface area (Å²) >= 11 is 1.61. The van der Waals surface area contributed by atoms with Gasteiger partial charge in [0.15, 0.2) is 0 Å². The predicted molar refractivity (Wildman–Crippen MR) is 117 cm³/mol. The summed E-state index contributed by atoms with van der Waals surface area (Å²) in [5.41, 5.74) is 10.1. The number of nitrogens with zero attached hydrogens (tertiary/aromatic N) is 2. The number of aryl methyl sites for hydroxylation is 3. The summed E-state index contributed by atoms with van der Waals surface area (Å²) in [5, 5.41) is 0. The number of rotatable bonds is 3. The summed E-state index contributed by atoms with van der Waals surface area (Å²) in [6, 6.07) is 24.3. The molecule has 2 nitrogen and oxygen atoms in total. The van der Waals surface area contributed by atoms with Gasteiger partial charge in [0.05, 0.1) is 0 Å². The van der Waals surface area contributed by atoms with Gasteiger partial charge in [-0.2, -0.15) is 0 Å². The quantitative estimate of drug-likeness (QED) is 0.247. The molecule has 0 aliphatic carbocycles. The maximum absolute atomic E-state index is 4.61. The van der Waals surface area contributed by atoms with E-state index in [4.69, 9.17) is 0 Å². The van der Waals surface area contributed by atoms with Crippen LogP contribution in [0.1, 0.15) is 16.7 Å². The number of halogens is 1. The molecule has 4 heteroatoms. The Morgan fingerprint density at radius 1 is 0.724 bits per heavy atom. The number of benzene rings is 2.